The van der Waals surface area contributed by atoms with Gasteiger partial charge in [0.15, 0.2) is 0 Å². The zero-order valence-corrected chi connectivity index (χ0v) is 12.7. The van der Waals surface area contributed by atoms with Crippen LogP contribution in [0.15, 0.2) is 64.4 Å². The first-order valence-corrected chi connectivity index (χ1v) is 7.88. The van der Waals surface area contributed by atoms with E-state index >= 15 is 0 Å². The molecule has 0 fully saturated rings. The molecule has 1 N–H and O–H groups in total. The minimum Gasteiger partial charge on any atom is -0.357 e. The Morgan fingerprint density at radius 2 is 1.65 bits per heavy atom. The first-order valence-electron chi connectivity index (χ1n) is 7.06. The van der Waals surface area contributed by atoms with Crippen LogP contribution in [-0.4, -0.2) is 4.98 Å². The maximum atomic E-state index is 3.59. The van der Waals surface area contributed by atoms with Crippen molar-refractivity contribution in [3.8, 4) is 0 Å². The monoisotopic (exact) mass is 281 g/mol. The highest BCUT2D eigenvalue weighted by atomic mass is 32.2. The first kappa shape index (κ1) is 13.3. The van der Waals surface area contributed by atoms with Crippen molar-refractivity contribution >= 4 is 22.7 Å². The Hall–Kier alpha value is -1.67. The molecule has 0 aliphatic heterocycles. The predicted octanol–water partition coefficient (Wildman–Crippen LogP) is 5.52. The van der Waals surface area contributed by atoms with Gasteiger partial charge in [0.2, 0.25) is 0 Å². The van der Waals surface area contributed by atoms with E-state index in [4.69, 9.17) is 0 Å². The summed E-state index contributed by atoms with van der Waals surface area (Å²) in [5.74, 6) is 0.651. The molecule has 2 heteroatoms. The zero-order valence-electron chi connectivity index (χ0n) is 11.9. The minimum absolute atomic E-state index is 0.651. The summed E-state index contributed by atoms with van der Waals surface area (Å²) in [4.78, 5) is 6.26. The van der Waals surface area contributed by atoms with E-state index in [0.29, 0.717) is 5.92 Å². The number of fused-ring (bicyclic) bond motifs is 1. The third-order valence-corrected chi connectivity index (χ3v) is 4.49. The Morgan fingerprint density at radius 3 is 2.40 bits per heavy atom. The molecule has 0 unspecified atom stereocenters. The highest BCUT2D eigenvalue weighted by Crippen LogP contribution is 2.37. The number of hydrogen-bond acceptors (Lipinski definition) is 1. The van der Waals surface area contributed by atoms with Crippen molar-refractivity contribution in [1.82, 2.24) is 4.98 Å². The van der Waals surface area contributed by atoms with Gasteiger partial charge in [-0.2, -0.15) is 0 Å². The van der Waals surface area contributed by atoms with Crippen LogP contribution in [0.4, 0.5) is 0 Å². The number of nitrogens with one attached hydrogen (secondary N) is 1. The van der Waals surface area contributed by atoms with Gasteiger partial charge in [-0.3, -0.25) is 0 Å². The number of para-hydroxylation sites is 1. The fourth-order valence-electron chi connectivity index (χ4n) is 2.45. The Labute approximate surface area is 124 Å². The summed E-state index contributed by atoms with van der Waals surface area (Å²) in [6.45, 7) is 4.53. The highest BCUT2D eigenvalue weighted by Gasteiger charge is 2.13. The first-order chi connectivity index (χ1) is 9.74. The molecule has 1 nitrogen and oxygen atoms in total. The van der Waals surface area contributed by atoms with Crippen molar-refractivity contribution < 1.29 is 0 Å². The number of H-pyrrole nitrogens is 1. The summed E-state index contributed by atoms with van der Waals surface area (Å²) in [7, 11) is 0. The van der Waals surface area contributed by atoms with E-state index in [2.05, 4.69) is 73.4 Å². The molecule has 2 aromatic carbocycles. The maximum absolute atomic E-state index is 3.59. The molecular formula is C18H19NS. The van der Waals surface area contributed by atoms with Crippen LogP contribution in [0.3, 0.4) is 0 Å². The van der Waals surface area contributed by atoms with Gasteiger partial charge < -0.3 is 4.98 Å². The fourth-order valence-corrected chi connectivity index (χ4v) is 3.52. The SMILES string of the molecule is CC(C)Cc1[nH]c2ccccc2c1Sc1ccccc1. The van der Waals surface area contributed by atoms with Crippen LogP contribution >= 0.6 is 11.8 Å². The summed E-state index contributed by atoms with van der Waals surface area (Å²) in [5, 5.41) is 1.33. The molecule has 3 aromatic rings. The van der Waals surface area contributed by atoms with E-state index in [1.807, 2.05) is 11.8 Å². The van der Waals surface area contributed by atoms with Gasteiger partial charge >= 0.3 is 0 Å². The maximum Gasteiger partial charge on any atom is 0.0467 e. The highest BCUT2D eigenvalue weighted by molar-refractivity contribution is 7.99. The van der Waals surface area contributed by atoms with Crippen LogP contribution < -0.4 is 0 Å². The Morgan fingerprint density at radius 1 is 0.950 bits per heavy atom. The number of benzene rings is 2. The second-order valence-electron chi connectivity index (χ2n) is 5.49. The molecule has 3 rings (SSSR count). The molecule has 0 bridgehead atoms. The summed E-state index contributed by atoms with van der Waals surface area (Å²) < 4.78 is 0. The topological polar surface area (TPSA) is 15.8 Å². The second kappa shape index (κ2) is 5.76. The van der Waals surface area contributed by atoms with E-state index in [0.717, 1.165) is 6.42 Å². The average molecular weight is 281 g/mol. The molecule has 0 aliphatic rings. The minimum atomic E-state index is 0.651. The van der Waals surface area contributed by atoms with E-state index < -0.39 is 0 Å². The Balaban J connectivity index is 2.06. The molecule has 0 aliphatic carbocycles. The summed E-state index contributed by atoms with van der Waals surface area (Å²) in [5.41, 5.74) is 2.59. The number of aromatic amines is 1. The lowest BCUT2D eigenvalue weighted by molar-refractivity contribution is 0.632. The molecular weight excluding hydrogens is 262 g/mol. The third kappa shape index (κ3) is 2.75. The van der Waals surface area contributed by atoms with Crippen molar-refractivity contribution in [3.05, 3.63) is 60.3 Å². The van der Waals surface area contributed by atoms with Crippen LogP contribution in [0.25, 0.3) is 10.9 Å². The molecule has 0 saturated heterocycles. The second-order valence-corrected chi connectivity index (χ2v) is 6.58. The normalized spacial score (nSPS) is 11.3. The lowest BCUT2D eigenvalue weighted by Crippen LogP contribution is -1.95. The Kier molecular flexibility index (Phi) is 3.83. The van der Waals surface area contributed by atoms with Crippen LogP contribution in [-0.2, 0) is 6.42 Å². The van der Waals surface area contributed by atoms with Crippen LogP contribution in [0.2, 0.25) is 0 Å². The van der Waals surface area contributed by atoms with E-state index in [1.165, 1.54) is 26.4 Å². The van der Waals surface area contributed by atoms with Gasteiger partial charge in [0.05, 0.1) is 0 Å². The van der Waals surface area contributed by atoms with E-state index in [1.54, 1.807) is 0 Å². The molecule has 0 atom stereocenters. The standard InChI is InChI=1S/C18H19NS/c1-13(2)12-17-18(20-14-8-4-3-5-9-14)15-10-6-7-11-16(15)19-17/h3-11,13,19H,12H2,1-2H3. The summed E-state index contributed by atoms with van der Waals surface area (Å²) >= 11 is 1.86. The van der Waals surface area contributed by atoms with Gasteiger partial charge in [-0.05, 0) is 30.5 Å². The van der Waals surface area contributed by atoms with Gasteiger partial charge in [-0.15, -0.1) is 0 Å². The molecule has 0 spiro atoms. The van der Waals surface area contributed by atoms with E-state index in [-0.39, 0.29) is 0 Å². The quantitative estimate of drug-likeness (QED) is 0.666. The number of aromatic nitrogens is 1. The molecule has 1 heterocycles. The zero-order chi connectivity index (χ0) is 13.9. The fraction of sp³-hybridized carbons (Fsp3) is 0.222. The molecule has 0 radical (unpaired) electrons. The number of hydrogen-bond donors (Lipinski definition) is 1. The van der Waals surface area contributed by atoms with Crippen LogP contribution in [0, 0.1) is 5.92 Å². The number of rotatable bonds is 4. The molecule has 1 aromatic heterocycles. The molecule has 102 valence electrons. The van der Waals surface area contributed by atoms with Gasteiger partial charge in [-0.1, -0.05) is 62.0 Å². The van der Waals surface area contributed by atoms with Gasteiger partial charge in [-0.25, -0.2) is 0 Å². The van der Waals surface area contributed by atoms with Gasteiger partial charge in [0.25, 0.3) is 0 Å². The van der Waals surface area contributed by atoms with Gasteiger partial charge in [0, 0.05) is 26.4 Å². The van der Waals surface area contributed by atoms with Gasteiger partial charge in [0.1, 0.15) is 0 Å². The summed E-state index contributed by atoms with van der Waals surface area (Å²) in [6, 6.07) is 19.2. The van der Waals surface area contributed by atoms with Crippen molar-refractivity contribution in [2.45, 2.75) is 30.1 Å². The van der Waals surface area contributed by atoms with Crippen molar-refractivity contribution in [2.75, 3.05) is 0 Å². The van der Waals surface area contributed by atoms with E-state index in [9.17, 15) is 0 Å². The van der Waals surface area contributed by atoms with Crippen molar-refractivity contribution in [3.63, 3.8) is 0 Å². The largest absolute Gasteiger partial charge is 0.357 e. The van der Waals surface area contributed by atoms with Crippen molar-refractivity contribution in [2.24, 2.45) is 5.92 Å². The average Bonchev–Trinajstić information content (AvgIpc) is 2.77. The lowest BCUT2D eigenvalue weighted by atomic mass is 10.1. The smallest absolute Gasteiger partial charge is 0.0467 e. The Bertz CT molecular complexity index is 698. The predicted molar refractivity (Wildman–Crippen MR) is 87.4 cm³/mol. The third-order valence-electron chi connectivity index (χ3n) is 3.31. The molecule has 0 saturated carbocycles. The lowest BCUT2D eigenvalue weighted by Gasteiger charge is -2.07. The van der Waals surface area contributed by atoms with Crippen LogP contribution in [0.5, 0.6) is 0 Å². The van der Waals surface area contributed by atoms with Crippen molar-refractivity contribution in [1.29, 1.82) is 0 Å². The molecule has 0 amide bonds. The van der Waals surface area contributed by atoms with Crippen LogP contribution in [0.1, 0.15) is 19.5 Å². The molecule has 20 heavy (non-hydrogen) atoms. The summed E-state index contributed by atoms with van der Waals surface area (Å²) in [6.07, 6.45) is 1.09.